The Kier molecular flexibility index (Phi) is 7.38. The summed E-state index contributed by atoms with van der Waals surface area (Å²) in [5, 5.41) is 3.09. The van der Waals surface area contributed by atoms with Gasteiger partial charge in [-0.25, -0.2) is 0 Å². The second-order valence-corrected chi connectivity index (χ2v) is 7.47. The molecule has 0 radical (unpaired) electrons. The monoisotopic (exact) mass is 357 g/mol. The van der Waals surface area contributed by atoms with Crippen LogP contribution >= 0.6 is 11.8 Å². The number of nitrogens with one attached hydrogen (secondary N) is 1. The molecule has 0 bridgehead atoms. The Labute approximate surface area is 155 Å². The van der Waals surface area contributed by atoms with Crippen LogP contribution in [0.3, 0.4) is 0 Å². The van der Waals surface area contributed by atoms with Crippen LogP contribution in [0.15, 0.2) is 48.5 Å². The number of hydrogen-bond donors (Lipinski definition) is 1. The first kappa shape index (κ1) is 19.4. The largest absolute Gasteiger partial charge is 0.496 e. The maximum absolute atomic E-state index is 12.6. The molecular weight excluding hydrogens is 330 g/mol. The molecule has 2 atom stereocenters. The van der Waals surface area contributed by atoms with Crippen LogP contribution in [-0.2, 0) is 10.5 Å². The molecule has 1 amide bonds. The van der Waals surface area contributed by atoms with E-state index in [0.717, 1.165) is 29.1 Å². The fourth-order valence-electron chi connectivity index (χ4n) is 2.70. The molecule has 3 nitrogen and oxygen atoms in total. The molecule has 0 heterocycles. The van der Waals surface area contributed by atoms with E-state index in [9.17, 15) is 4.79 Å². The zero-order valence-electron chi connectivity index (χ0n) is 15.4. The number of ether oxygens (including phenoxy) is 1. The summed E-state index contributed by atoms with van der Waals surface area (Å²) in [6.45, 7) is 6.08. The van der Waals surface area contributed by atoms with Gasteiger partial charge in [-0.3, -0.25) is 4.79 Å². The molecule has 0 spiro atoms. The highest BCUT2D eigenvalue weighted by Gasteiger charge is 2.19. The lowest BCUT2D eigenvalue weighted by atomic mass is 10.0. The number of carbonyl (C=O) groups excluding carboxylic acids is 1. The molecule has 0 saturated heterocycles. The van der Waals surface area contributed by atoms with Crippen molar-refractivity contribution >= 4 is 17.7 Å². The second-order valence-electron chi connectivity index (χ2n) is 6.14. The van der Waals surface area contributed by atoms with Crippen LogP contribution in [-0.4, -0.2) is 18.3 Å². The summed E-state index contributed by atoms with van der Waals surface area (Å²) >= 11 is 1.66. The fraction of sp³-hybridized carbons (Fsp3) is 0.381. The summed E-state index contributed by atoms with van der Waals surface area (Å²) < 4.78 is 5.32. The molecule has 2 aromatic rings. The first-order chi connectivity index (χ1) is 12.0. The predicted molar refractivity (Wildman–Crippen MR) is 106 cm³/mol. The van der Waals surface area contributed by atoms with Crippen molar-refractivity contribution in [3.63, 3.8) is 0 Å². The van der Waals surface area contributed by atoms with Crippen molar-refractivity contribution in [1.82, 2.24) is 5.32 Å². The smallest absolute Gasteiger partial charge is 0.233 e. The number of rotatable bonds is 8. The van der Waals surface area contributed by atoms with E-state index in [1.807, 2.05) is 44.2 Å². The predicted octanol–water partition coefficient (Wildman–Crippen LogP) is 4.89. The number of methoxy groups -OCH3 is 1. The Bertz CT molecular complexity index is 688. The SMILES string of the molecule is CC[C@H](NC(=O)[C@@H](C)SCc1ccccc1)c1ccc(OC)c(C)c1. The molecule has 0 fully saturated rings. The minimum absolute atomic E-state index is 0.0249. The Hall–Kier alpha value is -1.94. The van der Waals surface area contributed by atoms with Crippen molar-refractivity contribution in [2.24, 2.45) is 0 Å². The third kappa shape index (κ3) is 5.53. The fourth-order valence-corrected chi connectivity index (χ4v) is 3.55. The van der Waals surface area contributed by atoms with E-state index in [4.69, 9.17) is 4.74 Å². The molecule has 0 aliphatic heterocycles. The van der Waals surface area contributed by atoms with Crippen molar-refractivity contribution < 1.29 is 9.53 Å². The summed E-state index contributed by atoms with van der Waals surface area (Å²) in [5.41, 5.74) is 3.44. The van der Waals surface area contributed by atoms with Gasteiger partial charge in [-0.05, 0) is 43.0 Å². The zero-order valence-corrected chi connectivity index (χ0v) is 16.2. The van der Waals surface area contributed by atoms with Crippen molar-refractivity contribution in [2.45, 2.75) is 44.2 Å². The van der Waals surface area contributed by atoms with E-state index in [1.165, 1.54) is 5.56 Å². The van der Waals surface area contributed by atoms with Gasteiger partial charge in [0, 0.05) is 5.75 Å². The number of amides is 1. The molecule has 2 rings (SSSR count). The summed E-state index contributed by atoms with van der Waals surface area (Å²) in [7, 11) is 1.67. The van der Waals surface area contributed by atoms with E-state index < -0.39 is 0 Å². The van der Waals surface area contributed by atoms with E-state index in [0.29, 0.717) is 0 Å². The quantitative estimate of drug-likeness (QED) is 0.731. The van der Waals surface area contributed by atoms with Gasteiger partial charge in [0.15, 0.2) is 0 Å². The highest BCUT2D eigenvalue weighted by atomic mass is 32.2. The molecule has 0 aliphatic carbocycles. The Morgan fingerprint density at radius 3 is 2.52 bits per heavy atom. The highest BCUT2D eigenvalue weighted by molar-refractivity contribution is 7.99. The van der Waals surface area contributed by atoms with Crippen LogP contribution in [0.2, 0.25) is 0 Å². The van der Waals surface area contributed by atoms with Gasteiger partial charge in [-0.1, -0.05) is 49.4 Å². The van der Waals surface area contributed by atoms with E-state index in [-0.39, 0.29) is 17.2 Å². The van der Waals surface area contributed by atoms with Gasteiger partial charge in [0.2, 0.25) is 5.91 Å². The maximum atomic E-state index is 12.6. The van der Waals surface area contributed by atoms with E-state index in [2.05, 4.69) is 30.4 Å². The lowest BCUT2D eigenvalue weighted by Gasteiger charge is -2.21. The molecule has 1 N–H and O–H groups in total. The van der Waals surface area contributed by atoms with Gasteiger partial charge in [0.25, 0.3) is 0 Å². The van der Waals surface area contributed by atoms with Gasteiger partial charge in [-0.15, -0.1) is 11.8 Å². The molecule has 4 heteroatoms. The third-order valence-corrected chi connectivity index (χ3v) is 5.47. The van der Waals surface area contributed by atoms with Crippen molar-refractivity contribution in [3.05, 3.63) is 65.2 Å². The van der Waals surface area contributed by atoms with Gasteiger partial charge in [-0.2, -0.15) is 0 Å². The zero-order chi connectivity index (χ0) is 18.2. The summed E-state index contributed by atoms with van der Waals surface area (Å²) in [6.07, 6.45) is 0.855. The summed E-state index contributed by atoms with van der Waals surface area (Å²) in [6, 6.07) is 16.4. The van der Waals surface area contributed by atoms with E-state index >= 15 is 0 Å². The minimum Gasteiger partial charge on any atom is -0.496 e. The number of aryl methyl sites for hydroxylation is 1. The number of carbonyl (C=O) groups is 1. The van der Waals surface area contributed by atoms with Gasteiger partial charge in [0.1, 0.15) is 5.75 Å². The van der Waals surface area contributed by atoms with Crippen LogP contribution in [0.5, 0.6) is 5.75 Å². The summed E-state index contributed by atoms with van der Waals surface area (Å²) in [4.78, 5) is 12.6. The molecule has 134 valence electrons. The highest BCUT2D eigenvalue weighted by Crippen LogP contribution is 2.25. The Morgan fingerprint density at radius 1 is 1.20 bits per heavy atom. The number of benzene rings is 2. The molecule has 0 unspecified atom stereocenters. The van der Waals surface area contributed by atoms with E-state index in [1.54, 1.807) is 18.9 Å². The molecule has 25 heavy (non-hydrogen) atoms. The standard InChI is InChI=1S/C21H27NO2S/c1-5-19(18-11-12-20(24-4)15(2)13-18)22-21(23)16(3)25-14-17-9-7-6-8-10-17/h6-13,16,19H,5,14H2,1-4H3,(H,22,23)/t16-,19+/m1/s1. The average Bonchev–Trinajstić information content (AvgIpc) is 2.64. The average molecular weight is 358 g/mol. The maximum Gasteiger partial charge on any atom is 0.233 e. The Balaban J connectivity index is 1.95. The van der Waals surface area contributed by atoms with Crippen LogP contribution in [0.1, 0.15) is 43.0 Å². The van der Waals surface area contributed by atoms with Crippen molar-refractivity contribution in [3.8, 4) is 5.75 Å². The topological polar surface area (TPSA) is 38.3 Å². The third-order valence-electron chi connectivity index (χ3n) is 4.26. The second kappa shape index (κ2) is 9.52. The van der Waals surface area contributed by atoms with Crippen molar-refractivity contribution in [2.75, 3.05) is 7.11 Å². The lowest BCUT2D eigenvalue weighted by molar-refractivity contribution is -0.121. The minimum atomic E-state index is -0.0893. The Morgan fingerprint density at radius 2 is 1.92 bits per heavy atom. The summed E-state index contributed by atoms with van der Waals surface area (Å²) in [5.74, 6) is 1.80. The molecule has 0 aromatic heterocycles. The number of thioether (sulfide) groups is 1. The molecular formula is C21H27NO2S. The molecule has 0 saturated carbocycles. The number of hydrogen-bond acceptors (Lipinski definition) is 3. The van der Waals surface area contributed by atoms with Crippen LogP contribution in [0.4, 0.5) is 0 Å². The van der Waals surface area contributed by atoms with Gasteiger partial charge in [0.05, 0.1) is 18.4 Å². The van der Waals surface area contributed by atoms with Crippen LogP contribution < -0.4 is 10.1 Å². The molecule has 0 aliphatic rings. The van der Waals surface area contributed by atoms with Gasteiger partial charge < -0.3 is 10.1 Å². The molecule has 2 aromatic carbocycles. The normalized spacial score (nSPS) is 13.1. The van der Waals surface area contributed by atoms with Crippen LogP contribution in [0.25, 0.3) is 0 Å². The first-order valence-electron chi connectivity index (χ1n) is 8.65. The first-order valence-corrected chi connectivity index (χ1v) is 9.70. The van der Waals surface area contributed by atoms with Crippen molar-refractivity contribution in [1.29, 1.82) is 0 Å². The van der Waals surface area contributed by atoms with Gasteiger partial charge >= 0.3 is 0 Å². The lowest BCUT2D eigenvalue weighted by Crippen LogP contribution is -2.34. The van der Waals surface area contributed by atoms with Crippen LogP contribution in [0, 0.1) is 6.92 Å².